The number of carbonyl (C=O) groups is 3. The average molecular weight is 253 g/mol. The maximum atomic E-state index is 11.8. The van der Waals surface area contributed by atoms with Gasteiger partial charge in [-0.25, -0.2) is 5.43 Å². The molecule has 7 nitrogen and oxygen atoms in total. The standard InChI is InChI=1S/C11H15N3O4/c15-9-4-3-8(13-14-9)10(16)12-7-2-1-6(5-7)11(17)18/h6-7H,1-5H2,(H,12,16)(H,14,15)(H,17,18). The van der Waals surface area contributed by atoms with Gasteiger partial charge in [0.25, 0.3) is 5.91 Å². The van der Waals surface area contributed by atoms with E-state index in [1.54, 1.807) is 0 Å². The number of nitrogens with zero attached hydrogens (tertiary/aromatic N) is 1. The zero-order valence-electron chi connectivity index (χ0n) is 9.81. The molecule has 1 saturated carbocycles. The maximum Gasteiger partial charge on any atom is 0.306 e. The van der Waals surface area contributed by atoms with Crippen LogP contribution < -0.4 is 10.7 Å². The number of carboxylic acid groups (broad SMARTS) is 1. The Bertz CT molecular complexity index is 419. The molecule has 2 aliphatic rings. The van der Waals surface area contributed by atoms with Crippen LogP contribution >= 0.6 is 0 Å². The topological polar surface area (TPSA) is 108 Å². The summed E-state index contributed by atoms with van der Waals surface area (Å²) in [4.78, 5) is 33.5. The van der Waals surface area contributed by atoms with Gasteiger partial charge >= 0.3 is 5.97 Å². The molecule has 1 heterocycles. The van der Waals surface area contributed by atoms with E-state index >= 15 is 0 Å². The number of hydrazone groups is 1. The van der Waals surface area contributed by atoms with Crippen LogP contribution in [0.15, 0.2) is 5.10 Å². The van der Waals surface area contributed by atoms with Crippen LogP contribution in [-0.2, 0) is 14.4 Å². The largest absolute Gasteiger partial charge is 0.481 e. The molecular weight excluding hydrogens is 238 g/mol. The lowest BCUT2D eigenvalue weighted by Crippen LogP contribution is -2.41. The summed E-state index contributed by atoms with van der Waals surface area (Å²) < 4.78 is 0. The molecule has 0 aromatic rings. The Morgan fingerprint density at radius 2 is 2.11 bits per heavy atom. The first-order valence-corrected chi connectivity index (χ1v) is 5.95. The van der Waals surface area contributed by atoms with Gasteiger partial charge in [-0.2, -0.15) is 5.10 Å². The molecule has 0 aromatic carbocycles. The molecule has 2 rings (SSSR count). The fourth-order valence-corrected chi connectivity index (χ4v) is 2.24. The van der Waals surface area contributed by atoms with Crippen LogP contribution in [0.1, 0.15) is 32.1 Å². The van der Waals surface area contributed by atoms with Crippen LogP contribution in [0.2, 0.25) is 0 Å². The Labute approximate surface area is 104 Å². The Hall–Kier alpha value is -1.92. The van der Waals surface area contributed by atoms with Gasteiger partial charge in [0.1, 0.15) is 5.71 Å². The minimum absolute atomic E-state index is 0.112. The van der Waals surface area contributed by atoms with Gasteiger partial charge < -0.3 is 10.4 Å². The highest BCUT2D eigenvalue weighted by molar-refractivity contribution is 6.39. The van der Waals surface area contributed by atoms with Crippen molar-refractivity contribution in [2.24, 2.45) is 11.0 Å². The van der Waals surface area contributed by atoms with E-state index in [0.717, 1.165) is 0 Å². The minimum Gasteiger partial charge on any atom is -0.481 e. The van der Waals surface area contributed by atoms with Crippen molar-refractivity contribution in [3.8, 4) is 0 Å². The van der Waals surface area contributed by atoms with E-state index in [-0.39, 0.29) is 30.2 Å². The summed E-state index contributed by atoms with van der Waals surface area (Å²) in [5.74, 6) is -1.69. The van der Waals surface area contributed by atoms with Gasteiger partial charge in [-0.15, -0.1) is 0 Å². The van der Waals surface area contributed by atoms with Crippen molar-refractivity contribution in [2.45, 2.75) is 38.1 Å². The van der Waals surface area contributed by atoms with Gasteiger partial charge in [-0.1, -0.05) is 0 Å². The van der Waals surface area contributed by atoms with Crippen LogP contribution in [0.4, 0.5) is 0 Å². The van der Waals surface area contributed by atoms with Crippen molar-refractivity contribution < 1.29 is 19.5 Å². The molecule has 0 spiro atoms. The summed E-state index contributed by atoms with van der Waals surface area (Å²) in [5, 5.41) is 15.3. The lowest BCUT2D eigenvalue weighted by Gasteiger charge is -2.15. The summed E-state index contributed by atoms with van der Waals surface area (Å²) in [5.41, 5.74) is 2.56. The number of carboxylic acids is 1. The van der Waals surface area contributed by atoms with Gasteiger partial charge in [-0.3, -0.25) is 14.4 Å². The normalized spacial score (nSPS) is 27.3. The van der Waals surface area contributed by atoms with Crippen LogP contribution in [-0.4, -0.2) is 34.6 Å². The lowest BCUT2D eigenvalue weighted by molar-refractivity contribution is -0.141. The maximum absolute atomic E-state index is 11.8. The second-order valence-corrected chi connectivity index (χ2v) is 4.61. The highest BCUT2D eigenvalue weighted by Gasteiger charge is 2.31. The zero-order chi connectivity index (χ0) is 13.1. The van der Waals surface area contributed by atoms with E-state index < -0.39 is 5.97 Å². The molecule has 2 unspecified atom stereocenters. The third kappa shape index (κ3) is 2.85. The predicted molar refractivity (Wildman–Crippen MR) is 61.7 cm³/mol. The van der Waals surface area contributed by atoms with E-state index in [1.807, 2.05) is 0 Å². The zero-order valence-corrected chi connectivity index (χ0v) is 9.81. The van der Waals surface area contributed by atoms with Crippen LogP contribution in [0.25, 0.3) is 0 Å². The summed E-state index contributed by atoms with van der Waals surface area (Å²) in [7, 11) is 0. The Morgan fingerprint density at radius 1 is 1.33 bits per heavy atom. The molecule has 1 aliphatic carbocycles. The molecule has 98 valence electrons. The average Bonchev–Trinajstić information content (AvgIpc) is 2.78. The molecule has 0 radical (unpaired) electrons. The van der Waals surface area contributed by atoms with Gasteiger partial charge in [0, 0.05) is 18.9 Å². The van der Waals surface area contributed by atoms with Crippen LogP contribution in [0.5, 0.6) is 0 Å². The number of carbonyl (C=O) groups excluding carboxylic acids is 2. The molecular formula is C11H15N3O4. The number of hydrogen-bond acceptors (Lipinski definition) is 4. The molecule has 1 aliphatic heterocycles. The van der Waals surface area contributed by atoms with Crippen molar-refractivity contribution in [3.05, 3.63) is 0 Å². The van der Waals surface area contributed by atoms with Crippen molar-refractivity contribution in [1.82, 2.24) is 10.7 Å². The van der Waals surface area contributed by atoms with Crippen LogP contribution in [0, 0.1) is 5.92 Å². The second kappa shape index (κ2) is 5.16. The molecule has 7 heteroatoms. The van der Waals surface area contributed by atoms with E-state index in [1.165, 1.54) is 0 Å². The van der Waals surface area contributed by atoms with E-state index in [2.05, 4.69) is 15.8 Å². The van der Waals surface area contributed by atoms with Crippen molar-refractivity contribution in [3.63, 3.8) is 0 Å². The van der Waals surface area contributed by atoms with Gasteiger partial charge in [0.05, 0.1) is 5.92 Å². The summed E-state index contributed by atoms with van der Waals surface area (Å²) in [6.45, 7) is 0. The fourth-order valence-electron chi connectivity index (χ4n) is 2.24. The van der Waals surface area contributed by atoms with Crippen molar-refractivity contribution in [1.29, 1.82) is 0 Å². The highest BCUT2D eigenvalue weighted by atomic mass is 16.4. The Morgan fingerprint density at radius 3 is 2.67 bits per heavy atom. The van der Waals surface area contributed by atoms with Gasteiger partial charge in [0.2, 0.25) is 5.91 Å². The van der Waals surface area contributed by atoms with Gasteiger partial charge in [0.15, 0.2) is 0 Å². The predicted octanol–water partition coefficient (Wildman–Crippen LogP) is -0.378. The van der Waals surface area contributed by atoms with Gasteiger partial charge in [-0.05, 0) is 19.3 Å². The molecule has 0 aromatic heterocycles. The molecule has 3 N–H and O–H groups in total. The Balaban J connectivity index is 1.85. The first-order valence-electron chi connectivity index (χ1n) is 5.95. The third-order valence-electron chi connectivity index (χ3n) is 3.28. The number of amides is 2. The number of aliphatic carboxylic acids is 1. The first-order chi connectivity index (χ1) is 8.56. The number of hydrogen-bond donors (Lipinski definition) is 3. The monoisotopic (exact) mass is 253 g/mol. The van der Waals surface area contributed by atoms with E-state index in [0.29, 0.717) is 31.4 Å². The quantitative estimate of drug-likeness (QED) is 0.637. The third-order valence-corrected chi connectivity index (χ3v) is 3.28. The summed E-state index contributed by atoms with van der Waals surface area (Å²) in [6, 6.07) is -0.112. The Kier molecular flexibility index (Phi) is 3.59. The number of rotatable bonds is 3. The molecule has 0 bridgehead atoms. The van der Waals surface area contributed by atoms with E-state index in [4.69, 9.17) is 5.11 Å². The fraction of sp³-hybridized carbons (Fsp3) is 0.636. The smallest absolute Gasteiger partial charge is 0.306 e. The minimum atomic E-state index is -0.811. The van der Waals surface area contributed by atoms with Crippen molar-refractivity contribution in [2.75, 3.05) is 0 Å². The summed E-state index contributed by atoms with van der Waals surface area (Å²) >= 11 is 0. The second-order valence-electron chi connectivity index (χ2n) is 4.61. The summed E-state index contributed by atoms with van der Waals surface area (Å²) in [6.07, 6.45) is 2.30. The first kappa shape index (κ1) is 12.5. The molecule has 2 atom stereocenters. The molecule has 1 fully saturated rings. The molecule has 0 saturated heterocycles. The SMILES string of the molecule is O=C1CCC(C(=O)NC2CCC(C(=O)O)C2)=NN1. The highest BCUT2D eigenvalue weighted by Crippen LogP contribution is 2.25. The van der Waals surface area contributed by atoms with E-state index in [9.17, 15) is 14.4 Å². The van der Waals surface area contributed by atoms with Crippen LogP contribution in [0.3, 0.4) is 0 Å². The molecule has 2 amide bonds. The van der Waals surface area contributed by atoms with Crippen molar-refractivity contribution >= 4 is 23.5 Å². The molecule has 18 heavy (non-hydrogen) atoms. The number of nitrogens with one attached hydrogen (secondary N) is 2. The lowest BCUT2D eigenvalue weighted by atomic mass is 10.1.